The van der Waals surface area contributed by atoms with Gasteiger partial charge in [-0.2, -0.15) is 5.10 Å². The lowest BCUT2D eigenvalue weighted by atomic mass is 10.2. The van der Waals surface area contributed by atoms with Crippen LogP contribution in [0, 0.1) is 10.1 Å². The predicted molar refractivity (Wildman–Crippen MR) is 66.6 cm³/mol. The molecule has 20 heavy (non-hydrogen) atoms. The van der Waals surface area contributed by atoms with Gasteiger partial charge >= 0.3 is 5.97 Å². The highest BCUT2D eigenvalue weighted by Gasteiger charge is 2.17. The molecule has 0 aliphatic carbocycles. The molecule has 2 heterocycles. The highest BCUT2D eigenvalue weighted by atomic mass is 16.6. The molecule has 0 atom stereocenters. The van der Waals surface area contributed by atoms with Crippen LogP contribution in [0.1, 0.15) is 16.1 Å². The molecule has 9 heteroatoms. The Morgan fingerprint density at radius 2 is 2.20 bits per heavy atom. The summed E-state index contributed by atoms with van der Waals surface area (Å²) in [5.41, 5.74) is -0.484. The SMILES string of the molecule is Cn1ncc(C(=O)O)c1Cn1cc([N+](=O)[O-])ccc1=O. The summed E-state index contributed by atoms with van der Waals surface area (Å²) in [7, 11) is 1.53. The number of nitro groups is 1. The van der Waals surface area contributed by atoms with Crippen LogP contribution in [0.25, 0.3) is 0 Å². The molecular weight excluding hydrogens is 268 g/mol. The number of aromatic nitrogens is 3. The number of nitrogens with zero attached hydrogens (tertiary/aromatic N) is 4. The Morgan fingerprint density at radius 1 is 1.50 bits per heavy atom. The number of carbonyl (C=O) groups is 1. The molecule has 104 valence electrons. The van der Waals surface area contributed by atoms with Crippen molar-refractivity contribution in [3.05, 3.63) is 56.3 Å². The van der Waals surface area contributed by atoms with E-state index in [-0.39, 0.29) is 23.5 Å². The van der Waals surface area contributed by atoms with Crippen LogP contribution in [0.15, 0.2) is 29.3 Å². The van der Waals surface area contributed by atoms with Crippen LogP contribution < -0.4 is 5.56 Å². The molecule has 0 aromatic carbocycles. The second-order valence-electron chi connectivity index (χ2n) is 4.04. The van der Waals surface area contributed by atoms with Crippen LogP contribution in [0.2, 0.25) is 0 Å². The fourth-order valence-corrected chi connectivity index (χ4v) is 1.74. The molecule has 0 aliphatic rings. The number of aryl methyl sites for hydroxylation is 1. The Balaban J connectivity index is 2.47. The van der Waals surface area contributed by atoms with Gasteiger partial charge in [0, 0.05) is 19.2 Å². The zero-order valence-corrected chi connectivity index (χ0v) is 10.4. The minimum absolute atomic E-state index is 0.0501. The standard InChI is InChI=1S/C11H10N4O5/c1-13-9(8(4-12-13)11(17)18)6-14-5-7(15(19)20)2-3-10(14)16/h2-5H,6H2,1H3,(H,17,18). The van der Waals surface area contributed by atoms with Gasteiger partial charge in [0.05, 0.1) is 29.6 Å². The molecule has 9 nitrogen and oxygen atoms in total. The lowest BCUT2D eigenvalue weighted by Crippen LogP contribution is -2.22. The van der Waals surface area contributed by atoms with E-state index in [0.29, 0.717) is 0 Å². The molecule has 0 radical (unpaired) electrons. The summed E-state index contributed by atoms with van der Waals surface area (Å²) in [5, 5.41) is 23.5. The topological polar surface area (TPSA) is 120 Å². The van der Waals surface area contributed by atoms with Crippen LogP contribution in [-0.4, -0.2) is 30.3 Å². The van der Waals surface area contributed by atoms with Crippen molar-refractivity contribution in [1.82, 2.24) is 14.3 Å². The van der Waals surface area contributed by atoms with Crippen molar-refractivity contribution in [3.63, 3.8) is 0 Å². The molecular formula is C11H10N4O5. The summed E-state index contributed by atoms with van der Waals surface area (Å²) in [6, 6.07) is 2.16. The average Bonchev–Trinajstić information content (AvgIpc) is 2.73. The third-order valence-electron chi connectivity index (χ3n) is 2.79. The van der Waals surface area contributed by atoms with Crippen molar-refractivity contribution >= 4 is 11.7 Å². The Kier molecular flexibility index (Phi) is 3.34. The second-order valence-corrected chi connectivity index (χ2v) is 4.04. The van der Waals surface area contributed by atoms with Gasteiger partial charge in [-0.1, -0.05) is 0 Å². The molecule has 2 rings (SSSR count). The monoisotopic (exact) mass is 278 g/mol. The number of rotatable bonds is 4. The maximum absolute atomic E-state index is 11.7. The maximum atomic E-state index is 11.7. The van der Waals surface area contributed by atoms with Crippen LogP contribution in [-0.2, 0) is 13.6 Å². The fourth-order valence-electron chi connectivity index (χ4n) is 1.74. The quantitative estimate of drug-likeness (QED) is 0.631. The summed E-state index contributed by atoms with van der Waals surface area (Å²) in [4.78, 5) is 32.8. The summed E-state index contributed by atoms with van der Waals surface area (Å²) >= 11 is 0. The summed E-state index contributed by atoms with van der Waals surface area (Å²) in [6.45, 7) is -0.112. The van der Waals surface area contributed by atoms with Gasteiger partial charge in [-0.05, 0) is 0 Å². The van der Waals surface area contributed by atoms with E-state index in [0.717, 1.165) is 22.9 Å². The zero-order chi connectivity index (χ0) is 14.9. The van der Waals surface area contributed by atoms with E-state index in [2.05, 4.69) is 5.10 Å². The normalized spacial score (nSPS) is 10.4. The van der Waals surface area contributed by atoms with Crippen LogP contribution in [0.4, 0.5) is 5.69 Å². The van der Waals surface area contributed by atoms with Gasteiger partial charge in [-0.15, -0.1) is 0 Å². The molecule has 0 amide bonds. The van der Waals surface area contributed by atoms with Gasteiger partial charge in [0.25, 0.3) is 11.2 Å². The minimum Gasteiger partial charge on any atom is -0.478 e. The van der Waals surface area contributed by atoms with Crippen molar-refractivity contribution in [2.24, 2.45) is 7.05 Å². The van der Waals surface area contributed by atoms with Crippen molar-refractivity contribution in [3.8, 4) is 0 Å². The molecule has 2 aromatic heterocycles. The lowest BCUT2D eigenvalue weighted by Gasteiger charge is -2.07. The first kappa shape index (κ1) is 13.5. The van der Waals surface area contributed by atoms with E-state index < -0.39 is 16.5 Å². The molecule has 1 N–H and O–H groups in total. The molecule has 0 saturated carbocycles. The summed E-state index contributed by atoms with van der Waals surface area (Å²) in [5.74, 6) is -1.17. The molecule has 0 fully saturated rings. The summed E-state index contributed by atoms with van der Waals surface area (Å²) in [6.07, 6.45) is 2.24. The van der Waals surface area contributed by atoms with Crippen LogP contribution in [0.5, 0.6) is 0 Å². The number of hydrogen-bond acceptors (Lipinski definition) is 5. The van der Waals surface area contributed by atoms with Gasteiger partial charge in [0.15, 0.2) is 0 Å². The Bertz CT molecular complexity index is 746. The van der Waals surface area contributed by atoms with Gasteiger partial charge in [-0.3, -0.25) is 19.6 Å². The first-order valence-corrected chi connectivity index (χ1v) is 5.49. The fraction of sp³-hybridized carbons (Fsp3) is 0.182. The highest BCUT2D eigenvalue weighted by molar-refractivity contribution is 5.88. The smallest absolute Gasteiger partial charge is 0.339 e. The van der Waals surface area contributed by atoms with E-state index in [1.165, 1.54) is 17.9 Å². The van der Waals surface area contributed by atoms with Gasteiger partial charge in [0.1, 0.15) is 5.56 Å². The molecule has 2 aromatic rings. The second kappa shape index (κ2) is 4.96. The Morgan fingerprint density at radius 3 is 2.80 bits per heavy atom. The number of aromatic carboxylic acids is 1. The lowest BCUT2D eigenvalue weighted by molar-refractivity contribution is -0.385. The third-order valence-corrected chi connectivity index (χ3v) is 2.79. The Hall–Kier alpha value is -2.97. The van der Waals surface area contributed by atoms with Gasteiger partial charge in [0.2, 0.25) is 0 Å². The van der Waals surface area contributed by atoms with E-state index in [9.17, 15) is 19.7 Å². The third kappa shape index (κ3) is 2.41. The van der Waals surface area contributed by atoms with Gasteiger partial charge in [-0.25, -0.2) is 4.79 Å². The first-order valence-electron chi connectivity index (χ1n) is 5.49. The van der Waals surface area contributed by atoms with Crippen molar-refractivity contribution < 1.29 is 14.8 Å². The van der Waals surface area contributed by atoms with Gasteiger partial charge < -0.3 is 9.67 Å². The van der Waals surface area contributed by atoms with E-state index in [1.807, 2.05) is 0 Å². The molecule has 0 aliphatic heterocycles. The van der Waals surface area contributed by atoms with Crippen LogP contribution in [0.3, 0.4) is 0 Å². The molecule has 0 spiro atoms. The van der Waals surface area contributed by atoms with Crippen molar-refractivity contribution in [2.75, 3.05) is 0 Å². The van der Waals surface area contributed by atoms with E-state index in [1.54, 1.807) is 0 Å². The van der Waals surface area contributed by atoms with E-state index in [4.69, 9.17) is 5.11 Å². The highest BCUT2D eigenvalue weighted by Crippen LogP contribution is 2.11. The number of pyridine rings is 1. The first-order chi connectivity index (χ1) is 9.40. The zero-order valence-electron chi connectivity index (χ0n) is 10.4. The number of carboxylic acid groups (broad SMARTS) is 1. The molecule has 0 saturated heterocycles. The van der Waals surface area contributed by atoms with E-state index >= 15 is 0 Å². The van der Waals surface area contributed by atoms with Crippen LogP contribution >= 0.6 is 0 Å². The molecule has 0 bridgehead atoms. The molecule has 0 unspecified atom stereocenters. The van der Waals surface area contributed by atoms with Crippen molar-refractivity contribution in [1.29, 1.82) is 0 Å². The number of hydrogen-bond donors (Lipinski definition) is 1. The maximum Gasteiger partial charge on any atom is 0.339 e. The Labute approximate surface area is 111 Å². The summed E-state index contributed by atoms with van der Waals surface area (Å²) < 4.78 is 2.39. The van der Waals surface area contributed by atoms with Crippen molar-refractivity contribution in [2.45, 2.75) is 6.54 Å². The average molecular weight is 278 g/mol. The number of carboxylic acids is 1. The predicted octanol–water partition coefficient (Wildman–Crippen LogP) is 0.236. The minimum atomic E-state index is -1.17. The largest absolute Gasteiger partial charge is 0.478 e.